The van der Waals surface area contributed by atoms with Gasteiger partial charge in [0, 0.05) is 3.57 Å². The molecule has 0 aliphatic heterocycles. The minimum Gasteiger partial charge on any atom is -0.508 e. The molecule has 0 aliphatic rings. The smallest absolute Gasteiger partial charge is 0.115 e. The molecule has 3 heteroatoms. The predicted octanol–water partition coefficient (Wildman–Crippen LogP) is 1.50. The molecule has 0 spiro atoms. The maximum absolute atomic E-state index is 9.12. The molecule has 3 N–H and O–H groups in total. The quantitative estimate of drug-likeness (QED) is 0.794. The van der Waals surface area contributed by atoms with Crippen molar-refractivity contribution in [3.63, 3.8) is 0 Å². The second kappa shape index (κ2) is 3.92. The molecule has 2 nitrogen and oxygen atoms in total. The Morgan fingerprint density at radius 3 is 2.82 bits per heavy atom. The van der Waals surface area contributed by atoms with Crippen molar-refractivity contribution >= 4 is 22.6 Å². The minimum atomic E-state index is 0.314. The summed E-state index contributed by atoms with van der Waals surface area (Å²) in [4.78, 5) is 0. The number of benzene rings is 1. The van der Waals surface area contributed by atoms with E-state index < -0.39 is 0 Å². The molecule has 0 amide bonds. The van der Waals surface area contributed by atoms with Gasteiger partial charge in [0.2, 0.25) is 0 Å². The summed E-state index contributed by atoms with van der Waals surface area (Å²) in [6, 6.07) is 5.33. The number of phenolic OH excluding ortho intramolecular Hbond substituents is 1. The first-order chi connectivity index (χ1) is 5.24. The third-order valence-corrected chi connectivity index (χ3v) is 2.50. The molecule has 60 valence electrons. The summed E-state index contributed by atoms with van der Waals surface area (Å²) < 4.78 is 1.16. The van der Waals surface area contributed by atoms with E-state index in [1.165, 1.54) is 0 Å². The third-order valence-electron chi connectivity index (χ3n) is 1.44. The molecule has 0 saturated heterocycles. The maximum Gasteiger partial charge on any atom is 0.115 e. The molecular formula is C8H10INO. The van der Waals surface area contributed by atoms with Gasteiger partial charge in [-0.25, -0.2) is 0 Å². The number of hydrogen-bond donors (Lipinski definition) is 2. The molecule has 0 unspecified atom stereocenters. The Morgan fingerprint density at radius 1 is 1.45 bits per heavy atom. The van der Waals surface area contributed by atoms with Gasteiger partial charge in [-0.05, 0) is 59.3 Å². The Morgan fingerprint density at radius 2 is 2.18 bits per heavy atom. The first kappa shape index (κ1) is 8.80. The van der Waals surface area contributed by atoms with Crippen LogP contribution in [0.25, 0.3) is 0 Å². The second-order valence-corrected chi connectivity index (χ2v) is 3.48. The van der Waals surface area contributed by atoms with Crippen molar-refractivity contribution in [1.29, 1.82) is 0 Å². The van der Waals surface area contributed by atoms with Gasteiger partial charge in [-0.3, -0.25) is 0 Å². The molecule has 1 aromatic carbocycles. The Kier molecular flexibility index (Phi) is 3.14. The van der Waals surface area contributed by atoms with Crippen LogP contribution in [-0.4, -0.2) is 11.7 Å². The van der Waals surface area contributed by atoms with Crippen LogP contribution in [0.2, 0.25) is 0 Å². The van der Waals surface area contributed by atoms with Crippen LogP contribution in [0.4, 0.5) is 0 Å². The van der Waals surface area contributed by atoms with Gasteiger partial charge < -0.3 is 10.8 Å². The van der Waals surface area contributed by atoms with Crippen LogP contribution in [0.5, 0.6) is 5.75 Å². The van der Waals surface area contributed by atoms with Crippen molar-refractivity contribution in [2.24, 2.45) is 5.73 Å². The van der Waals surface area contributed by atoms with Crippen molar-refractivity contribution in [2.45, 2.75) is 6.42 Å². The molecule has 0 heterocycles. The fourth-order valence-corrected chi connectivity index (χ4v) is 1.51. The lowest BCUT2D eigenvalue weighted by atomic mass is 10.1. The topological polar surface area (TPSA) is 46.2 Å². The number of nitrogens with two attached hydrogens (primary N) is 1. The maximum atomic E-state index is 9.12. The van der Waals surface area contributed by atoms with Gasteiger partial charge in [-0.2, -0.15) is 0 Å². The monoisotopic (exact) mass is 263 g/mol. The Hall–Kier alpha value is -0.290. The van der Waals surface area contributed by atoms with Crippen LogP contribution in [0, 0.1) is 3.57 Å². The molecule has 0 radical (unpaired) electrons. The van der Waals surface area contributed by atoms with Gasteiger partial charge in [0.1, 0.15) is 5.75 Å². The van der Waals surface area contributed by atoms with Gasteiger partial charge in [-0.1, -0.05) is 0 Å². The van der Waals surface area contributed by atoms with Crippen LogP contribution in [0.1, 0.15) is 5.56 Å². The minimum absolute atomic E-state index is 0.314. The summed E-state index contributed by atoms with van der Waals surface area (Å²) in [5, 5.41) is 9.12. The molecule has 1 aromatic rings. The highest BCUT2D eigenvalue weighted by Crippen LogP contribution is 2.18. The number of halogens is 1. The van der Waals surface area contributed by atoms with Gasteiger partial charge in [0.25, 0.3) is 0 Å². The van der Waals surface area contributed by atoms with Gasteiger partial charge in [-0.15, -0.1) is 0 Å². The van der Waals surface area contributed by atoms with Crippen LogP contribution >= 0.6 is 22.6 Å². The predicted molar refractivity (Wildman–Crippen MR) is 53.6 cm³/mol. The van der Waals surface area contributed by atoms with Crippen molar-refractivity contribution < 1.29 is 5.11 Å². The normalized spacial score (nSPS) is 10.0. The number of rotatable bonds is 2. The van der Waals surface area contributed by atoms with Crippen LogP contribution in [-0.2, 0) is 6.42 Å². The largest absolute Gasteiger partial charge is 0.508 e. The zero-order valence-electron chi connectivity index (χ0n) is 6.05. The molecule has 0 bridgehead atoms. The Bertz CT molecular complexity index is 250. The number of hydrogen-bond acceptors (Lipinski definition) is 2. The van der Waals surface area contributed by atoms with Crippen molar-refractivity contribution in [1.82, 2.24) is 0 Å². The number of aromatic hydroxyl groups is 1. The second-order valence-electron chi connectivity index (χ2n) is 2.31. The molecule has 1 rings (SSSR count). The average Bonchev–Trinajstić information content (AvgIpc) is 1.98. The van der Waals surface area contributed by atoms with Crippen LogP contribution in [0.3, 0.4) is 0 Å². The molecule has 0 aliphatic carbocycles. The van der Waals surface area contributed by atoms with E-state index in [4.69, 9.17) is 10.8 Å². The van der Waals surface area contributed by atoms with E-state index in [0.717, 1.165) is 15.6 Å². The fourth-order valence-electron chi connectivity index (χ4n) is 0.908. The molecular weight excluding hydrogens is 253 g/mol. The first-order valence-corrected chi connectivity index (χ1v) is 4.49. The van der Waals surface area contributed by atoms with E-state index in [0.29, 0.717) is 12.3 Å². The zero-order chi connectivity index (χ0) is 8.27. The SMILES string of the molecule is NCCc1cc(O)ccc1I. The zero-order valence-corrected chi connectivity index (χ0v) is 8.21. The van der Waals surface area contributed by atoms with Crippen molar-refractivity contribution in [3.8, 4) is 5.75 Å². The highest BCUT2D eigenvalue weighted by atomic mass is 127. The Labute approximate surface area is 79.6 Å². The van der Waals surface area contributed by atoms with E-state index in [2.05, 4.69) is 22.6 Å². The summed E-state index contributed by atoms with van der Waals surface area (Å²) in [6.45, 7) is 0.624. The molecule has 0 atom stereocenters. The summed E-state index contributed by atoms with van der Waals surface area (Å²) >= 11 is 2.23. The van der Waals surface area contributed by atoms with E-state index in [-0.39, 0.29) is 0 Å². The molecule has 0 fully saturated rings. The van der Waals surface area contributed by atoms with Crippen molar-refractivity contribution in [3.05, 3.63) is 27.3 Å². The van der Waals surface area contributed by atoms with Gasteiger partial charge in [0.05, 0.1) is 0 Å². The average molecular weight is 263 g/mol. The van der Waals surface area contributed by atoms with E-state index >= 15 is 0 Å². The Balaban J connectivity index is 2.93. The molecule has 11 heavy (non-hydrogen) atoms. The lowest BCUT2D eigenvalue weighted by molar-refractivity contribution is 0.474. The van der Waals surface area contributed by atoms with E-state index in [9.17, 15) is 0 Å². The summed E-state index contributed by atoms with van der Waals surface area (Å²) in [6.07, 6.45) is 0.826. The summed E-state index contributed by atoms with van der Waals surface area (Å²) in [5.41, 5.74) is 6.51. The standard InChI is InChI=1S/C8H10INO/c9-8-2-1-7(11)5-6(8)3-4-10/h1-2,5,11H,3-4,10H2. The molecule has 0 saturated carbocycles. The van der Waals surface area contributed by atoms with Crippen LogP contribution < -0.4 is 5.73 Å². The highest BCUT2D eigenvalue weighted by Gasteiger charge is 1.98. The van der Waals surface area contributed by atoms with Crippen LogP contribution in [0.15, 0.2) is 18.2 Å². The van der Waals surface area contributed by atoms with Gasteiger partial charge in [0.15, 0.2) is 0 Å². The summed E-state index contributed by atoms with van der Waals surface area (Å²) in [5.74, 6) is 0.314. The lowest BCUT2D eigenvalue weighted by Gasteiger charge is -2.02. The fraction of sp³-hybridized carbons (Fsp3) is 0.250. The molecule has 0 aromatic heterocycles. The third kappa shape index (κ3) is 2.34. The lowest BCUT2D eigenvalue weighted by Crippen LogP contribution is -2.03. The van der Waals surface area contributed by atoms with Gasteiger partial charge >= 0.3 is 0 Å². The van der Waals surface area contributed by atoms with E-state index in [1.54, 1.807) is 12.1 Å². The number of phenols is 1. The van der Waals surface area contributed by atoms with E-state index in [1.807, 2.05) is 6.07 Å². The highest BCUT2D eigenvalue weighted by molar-refractivity contribution is 14.1. The van der Waals surface area contributed by atoms with Crippen molar-refractivity contribution in [2.75, 3.05) is 6.54 Å². The summed E-state index contributed by atoms with van der Waals surface area (Å²) in [7, 11) is 0. The first-order valence-electron chi connectivity index (χ1n) is 3.41.